The SMILES string of the molecule is CCCCCc1cc2c3cc(CCCCC)c4c5ccccc5ccc4c3ccc2c2ccc3ccccc3c12. The van der Waals surface area contributed by atoms with E-state index in [1.165, 1.54) is 114 Å². The summed E-state index contributed by atoms with van der Waals surface area (Å²) in [5, 5.41) is 16.7. The summed E-state index contributed by atoms with van der Waals surface area (Å²) < 4.78 is 0. The predicted octanol–water partition coefficient (Wildman–Crippen LogP) is 12.1. The van der Waals surface area contributed by atoms with Crippen LogP contribution in [0.3, 0.4) is 0 Å². The third-order valence-corrected chi connectivity index (χ3v) is 9.10. The minimum atomic E-state index is 1.13. The predicted molar refractivity (Wildman–Crippen MR) is 178 cm³/mol. The van der Waals surface area contributed by atoms with Crippen molar-refractivity contribution in [2.75, 3.05) is 0 Å². The summed E-state index contributed by atoms with van der Waals surface area (Å²) in [4.78, 5) is 0. The van der Waals surface area contributed by atoms with Gasteiger partial charge >= 0.3 is 0 Å². The van der Waals surface area contributed by atoms with Crippen LogP contribution in [0.2, 0.25) is 0 Å². The second kappa shape index (κ2) is 10.6. The van der Waals surface area contributed by atoms with Crippen molar-refractivity contribution in [1.82, 2.24) is 0 Å². The Hall–Kier alpha value is -3.90. The fourth-order valence-electron chi connectivity index (χ4n) is 7.12. The monoisotopic (exact) mass is 518 g/mol. The van der Waals surface area contributed by atoms with Gasteiger partial charge in [0.25, 0.3) is 0 Å². The lowest BCUT2D eigenvalue weighted by molar-refractivity contribution is 0.720. The number of aryl methyl sites for hydroxylation is 2. The third-order valence-electron chi connectivity index (χ3n) is 9.10. The van der Waals surface area contributed by atoms with Gasteiger partial charge in [-0.1, -0.05) is 124 Å². The van der Waals surface area contributed by atoms with Crippen molar-refractivity contribution in [1.29, 1.82) is 0 Å². The molecule has 0 nitrogen and oxygen atoms in total. The van der Waals surface area contributed by atoms with E-state index in [1.54, 1.807) is 0 Å². The van der Waals surface area contributed by atoms with Crippen molar-refractivity contribution in [2.45, 2.75) is 65.2 Å². The molecule has 7 aromatic rings. The Kier molecular flexibility index (Phi) is 6.64. The van der Waals surface area contributed by atoms with Gasteiger partial charge in [-0.3, -0.25) is 0 Å². The highest BCUT2D eigenvalue weighted by molar-refractivity contribution is 6.28. The number of fused-ring (bicyclic) bond motifs is 11. The van der Waals surface area contributed by atoms with E-state index in [-0.39, 0.29) is 0 Å². The molecule has 7 rings (SSSR count). The van der Waals surface area contributed by atoms with Gasteiger partial charge < -0.3 is 0 Å². The molecule has 0 aliphatic heterocycles. The number of hydrogen-bond acceptors (Lipinski definition) is 0. The van der Waals surface area contributed by atoms with Crippen molar-refractivity contribution >= 4 is 64.6 Å². The highest BCUT2D eigenvalue weighted by atomic mass is 14.2. The summed E-state index contributed by atoms with van der Waals surface area (Å²) >= 11 is 0. The van der Waals surface area contributed by atoms with Crippen LogP contribution in [0.1, 0.15) is 63.5 Å². The highest BCUT2D eigenvalue weighted by Crippen LogP contribution is 2.42. The molecule has 0 spiro atoms. The summed E-state index contributed by atoms with van der Waals surface area (Å²) in [5.74, 6) is 0. The molecule has 0 fully saturated rings. The molecular weight excluding hydrogens is 480 g/mol. The Morgan fingerprint density at radius 2 is 0.800 bits per heavy atom. The summed E-state index contributed by atoms with van der Waals surface area (Å²) in [6.07, 6.45) is 9.79. The molecular formula is C40H38. The average Bonchev–Trinajstić information content (AvgIpc) is 3.00. The molecule has 0 atom stereocenters. The fourth-order valence-corrected chi connectivity index (χ4v) is 7.12. The van der Waals surface area contributed by atoms with Gasteiger partial charge in [-0.2, -0.15) is 0 Å². The van der Waals surface area contributed by atoms with E-state index < -0.39 is 0 Å². The van der Waals surface area contributed by atoms with E-state index in [9.17, 15) is 0 Å². The van der Waals surface area contributed by atoms with Crippen molar-refractivity contribution in [3.05, 3.63) is 108 Å². The number of unbranched alkanes of at least 4 members (excludes halogenated alkanes) is 4. The van der Waals surface area contributed by atoms with E-state index in [4.69, 9.17) is 0 Å². The minimum Gasteiger partial charge on any atom is -0.0654 e. The van der Waals surface area contributed by atoms with E-state index in [0.29, 0.717) is 0 Å². The van der Waals surface area contributed by atoms with Gasteiger partial charge in [0, 0.05) is 0 Å². The third kappa shape index (κ3) is 4.13. The van der Waals surface area contributed by atoms with Crippen LogP contribution in [0.4, 0.5) is 0 Å². The van der Waals surface area contributed by atoms with E-state index in [0.717, 1.165) is 12.8 Å². The molecule has 0 aromatic heterocycles. The van der Waals surface area contributed by atoms with Crippen LogP contribution in [-0.2, 0) is 12.8 Å². The Bertz CT molecular complexity index is 1880. The van der Waals surface area contributed by atoms with Crippen LogP contribution in [0.15, 0.2) is 97.1 Å². The van der Waals surface area contributed by atoms with Gasteiger partial charge in [-0.25, -0.2) is 0 Å². The van der Waals surface area contributed by atoms with Crippen molar-refractivity contribution in [2.24, 2.45) is 0 Å². The van der Waals surface area contributed by atoms with Crippen LogP contribution < -0.4 is 0 Å². The zero-order valence-electron chi connectivity index (χ0n) is 23.9. The molecule has 0 saturated carbocycles. The van der Waals surface area contributed by atoms with Crippen LogP contribution in [0, 0.1) is 0 Å². The van der Waals surface area contributed by atoms with Gasteiger partial charge in [-0.15, -0.1) is 0 Å². The zero-order valence-corrected chi connectivity index (χ0v) is 23.9. The molecule has 0 aliphatic rings. The average molecular weight is 519 g/mol. The Labute approximate surface area is 237 Å². The lowest BCUT2D eigenvalue weighted by Gasteiger charge is -2.18. The number of benzene rings is 7. The summed E-state index contributed by atoms with van der Waals surface area (Å²) in [6, 6.07) is 37.2. The number of hydrogen-bond donors (Lipinski definition) is 0. The maximum atomic E-state index is 2.56. The minimum absolute atomic E-state index is 1.13. The topological polar surface area (TPSA) is 0 Å². The Balaban J connectivity index is 1.59. The lowest BCUT2D eigenvalue weighted by Crippen LogP contribution is -1.94. The Morgan fingerprint density at radius 1 is 0.375 bits per heavy atom. The molecule has 40 heavy (non-hydrogen) atoms. The van der Waals surface area contributed by atoms with Crippen LogP contribution >= 0.6 is 0 Å². The molecule has 0 aliphatic carbocycles. The summed E-state index contributed by atoms with van der Waals surface area (Å²) in [6.45, 7) is 4.60. The molecule has 198 valence electrons. The van der Waals surface area contributed by atoms with Crippen molar-refractivity contribution < 1.29 is 0 Å². The molecule has 7 aromatic carbocycles. The smallest absolute Gasteiger partial charge is 0.00668 e. The molecule has 0 heterocycles. The highest BCUT2D eigenvalue weighted by Gasteiger charge is 2.16. The maximum Gasteiger partial charge on any atom is -0.00668 e. The molecule has 0 radical (unpaired) electrons. The summed E-state index contributed by atoms with van der Waals surface area (Å²) in [5.41, 5.74) is 3.01. The Morgan fingerprint density at radius 3 is 1.25 bits per heavy atom. The normalized spacial score (nSPS) is 12.1. The molecule has 0 saturated heterocycles. The van der Waals surface area contributed by atoms with E-state index >= 15 is 0 Å². The molecule has 0 heteroatoms. The summed E-state index contributed by atoms with van der Waals surface area (Å²) in [7, 11) is 0. The first kappa shape index (κ1) is 25.1. The van der Waals surface area contributed by atoms with Crippen LogP contribution in [-0.4, -0.2) is 0 Å². The second-order valence-electron chi connectivity index (χ2n) is 11.7. The first-order valence-corrected chi connectivity index (χ1v) is 15.4. The van der Waals surface area contributed by atoms with Gasteiger partial charge in [0.2, 0.25) is 0 Å². The largest absolute Gasteiger partial charge is 0.0654 e. The standard InChI is InChI=1S/C40H38/c1-3-5-7-15-29-25-37-33(35-21-19-27-13-9-11-17-31(27)39(29)35)23-24-34-36-22-20-28-14-10-12-18-32(28)40(36)30(26-38(34)37)16-8-6-4-2/h9-14,17-26H,3-8,15-16H2,1-2H3. The van der Waals surface area contributed by atoms with Gasteiger partial charge in [0.05, 0.1) is 0 Å². The number of rotatable bonds is 8. The fraction of sp³-hybridized carbons (Fsp3) is 0.250. The molecule has 0 N–H and O–H groups in total. The molecule has 0 unspecified atom stereocenters. The second-order valence-corrected chi connectivity index (χ2v) is 11.7. The van der Waals surface area contributed by atoms with Gasteiger partial charge in [0.15, 0.2) is 0 Å². The lowest BCUT2D eigenvalue weighted by atomic mass is 9.86. The van der Waals surface area contributed by atoms with Crippen LogP contribution in [0.25, 0.3) is 64.6 Å². The van der Waals surface area contributed by atoms with E-state index in [1.807, 2.05) is 0 Å². The molecule has 0 bridgehead atoms. The quantitative estimate of drug-likeness (QED) is 0.139. The first-order chi connectivity index (χ1) is 19.8. The van der Waals surface area contributed by atoms with Crippen molar-refractivity contribution in [3.63, 3.8) is 0 Å². The maximum absolute atomic E-state index is 2.56. The van der Waals surface area contributed by atoms with E-state index in [2.05, 4.69) is 111 Å². The van der Waals surface area contributed by atoms with Crippen molar-refractivity contribution in [3.8, 4) is 0 Å². The van der Waals surface area contributed by atoms with Gasteiger partial charge in [-0.05, 0) is 114 Å². The van der Waals surface area contributed by atoms with Gasteiger partial charge in [0.1, 0.15) is 0 Å². The first-order valence-electron chi connectivity index (χ1n) is 15.4. The molecule has 0 amide bonds. The zero-order chi connectivity index (χ0) is 27.1. The van der Waals surface area contributed by atoms with Crippen LogP contribution in [0.5, 0.6) is 0 Å².